The molecule has 0 saturated carbocycles. The molecule has 0 bridgehead atoms. The van der Waals surface area contributed by atoms with Crippen LogP contribution >= 0.6 is 0 Å². The molecule has 3 heteroatoms. The number of hydrogen-bond acceptors (Lipinski definition) is 2. The van der Waals surface area contributed by atoms with Crippen LogP contribution in [0.2, 0.25) is 0 Å². The molecule has 1 aromatic heterocycles. The van der Waals surface area contributed by atoms with Gasteiger partial charge in [-0.3, -0.25) is 4.57 Å². The predicted octanol–water partition coefficient (Wildman–Crippen LogP) is 4.23. The van der Waals surface area contributed by atoms with E-state index in [9.17, 15) is 0 Å². The Hall–Kier alpha value is -2.99. The van der Waals surface area contributed by atoms with Crippen molar-refractivity contribution in [2.75, 3.05) is 6.61 Å². The van der Waals surface area contributed by atoms with Crippen LogP contribution in [0.4, 0.5) is 0 Å². The highest BCUT2D eigenvalue weighted by atomic mass is 16.5. The van der Waals surface area contributed by atoms with Crippen molar-refractivity contribution in [3.05, 3.63) is 77.9 Å². The molecule has 0 N–H and O–H groups in total. The van der Waals surface area contributed by atoms with Gasteiger partial charge in [-0.2, -0.15) is 0 Å². The van der Waals surface area contributed by atoms with Gasteiger partial charge in [0.05, 0.1) is 6.61 Å². The average molecular weight is 316 g/mol. The van der Waals surface area contributed by atoms with E-state index in [-0.39, 0.29) is 0 Å². The molecule has 120 valence electrons. The van der Waals surface area contributed by atoms with Gasteiger partial charge in [0.1, 0.15) is 5.75 Å². The van der Waals surface area contributed by atoms with Crippen LogP contribution < -0.4 is 4.74 Å². The fraction of sp³-hybridized carbons (Fsp3) is 0.190. The zero-order valence-corrected chi connectivity index (χ0v) is 14.0. The van der Waals surface area contributed by atoms with Crippen LogP contribution in [0.1, 0.15) is 30.8 Å². The van der Waals surface area contributed by atoms with Crippen molar-refractivity contribution in [2.24, 2.45) is 0 Å². The monoisotopic (exact) mass is 316 g/mol. The summed E-state index contributed by atoms with van der Waals surface area (Å²) in [6.45, 7) is 4.79. The first kappa shape index (κ1) is 15.9. The van der Waals surface area contributed by atoms with Crippen molar-refractivity contribution < 1.29 is 4.74 Å². The first-order chi connectivity index (χ1) is 11.8. The highest BCUT2D eigenvalue weighted by Gasteiger charge is 2.03. The molecule has 0 aliphatic heterocycles. The summed E-state index contributed by atoms with van der Waals surface area (Å²) in [6.07, 6.45) is 4.70. The Morgan fingerprint density at radius 3 is 2.62 bits per heavy atom. The second-order valence-corrected chi connectivity index (χ2v) is 5.35. The van der Waals surface area contributed by atoms with Crippen molar-refractivity contribution in [3.63, 3.8) is 0 Å². The fourth-order valence-corrected chi connectivity index (χ4v) is 2.47. The van der Waals surface area contributed by atoms with E-state index in [1.54, 1.807) is 6.20 Å². The lowest BCUT2D eigenvalue weighted by molar-refractivity contribution is 0.340. The van der Waals surface area contributed by atoms with Crippen LogP contribution in [0.3, 0.4) is 0 Å². The molecule has 0 fully saturated rings. The Morgan fingerprint density at radius 1 is 1.04 bits per heavy atom. The zero-order valence-electron chi connectivity index (χ0n) is 14.0. The van der Waals surface area contributed by atoms with Crippen LogP contribution in [0.5, 0.6) is 5.75 Å². The van der Waals surface area contributed by atoms with Crippen molar-refractivity contribution in [1.29, 1.82) is 0 Å². The van der Waals surface area contributed by atoms with E-state index in [0.717, 1.165) is 29.2 Å². The molecular formula is C21H20N2O. The normalized spacial score (nSPS) is 10.1. The van der Waals surface area contributed by atoms with Gasteiger partial charge in [0.15, 0.2) is 5.82 Å². The predicted molar refractivity (Wildman–Crippen MR) is 96.5 cm³/mol. The topological polar surface area (TPSA) is 27.1 Å². The molecule has 0 spiro atoms. The van der Waals surface area contributed by atoms with E-state index in [4.69, 9.17) is 4.74 Å². The first-order valence-corrected chi connectivity index (χ1v) is 8.17. The van der Waals surface area contributed by atoms with Crippen molar-refractivity contribution >= 4 is 0 Å². The second-order valence-electron chi connectivity index (χ2n) is 5.35. The van der Waals surface area contributed by atoms with E-state index in [2.05, 4.69) is 35.9 Å². The number of ether oxygens (including phenoxy) is 1. The molecule has 3 aromatic rings. The molecule has 24 heavy (non-hydrogen) atoms. The average Bonchev–Trinajstić information content (AvgIpc) is 3.10. The standard InChI is InChI=1S/C21H20N2O/c1-3-17-6-5-7-18(16-17)8-13-21-22-14-15-23(21)19-9-11-20(12-10-19)24-4-2/h5-7,9-12,14-16H,3-4H2,1-2H3. The molecule has 0 amide bonds. The number of aromatic nitrogens is 2. The van der Waals surface area contributed by atoms with E-state index >= 15 is 0 Å². The molecule has 0 unspecified atom stereocenters. The van der Waals surface area contributed by atoms with E-state index in [1.807, 2.05) is 54.1 Å². The minimum atomic E-state index is 0.665. The molecule has 0 aliphatic carbocycles. The Kier molecular flexibility index (Phi) is 4.98. The zero-order chi connectivity index (χ0) is 16.8. The number of hydrogen-bond donors (Lipinski definition) is 0. The molecule has 1 heterocycles. The highest BCUT2D eigenvalue weighted by molar-refractivity contribution is 5.44. The van der Waals surface area contributed by atoms with Crippen molar-refractivity contribution in [3.8, 4) is 23.3 Å². The lowest BCUT2D eigenvalue weighted by Gasteiger charge is -2.06. The summed E-state index contributed by atoms with van der Waals surface area (Å²) in [7, 11) is 0. The molecule has 2 aromatic carbocycles. The summed E-state index contributed by atoms with van der Waals surface area (Å²) in [4.78, 5) is 4.37. The summed E-state index contributed by atoms with van der Waals surface area (Å²) in [5, 5.41) is 0. The Bertz CT molecular complexity index is 867. The molecule has 3 nitrogen and oxygen atoms in total. The van der Waals surface area contributed by atoms with E-state index in [0.29, 0.717) is 6.61 Å². The van der Waals surface area contributed by atoms with Gasteiger partial charge in [-0.25, -0.2) is 4.98 Å². The first-order valence-electron chi connectivity index (χ1n) is 8.17. The molecule has 3 rings (SSSR count). The maximum atomic E-state index is 5.48. The maximum absolute atomic E-state index is 5.48. The maximum Gasteiger partial charge on any atom is 0.190 e. The van der Waals surface area contributed by atoms with Crippen LogP contribution in [-0.2, 0) is 6.42 Å². The number of nitrogens with zero attached hydrogens (tertiary/aromatic N) is 2. The van der Waals surface area contributed by atoms with Crippen molar-refractivity contribution in [2.45, 2.75) is 20.3 Å². The largest absolute Gasteiger partial charge is 0.494 e. The van der Waals surface area contributed by atoms with Gasteiger partial charge in [0.25, 0.3) is 0 Å². The van der Waals surface area contributed by atoms with Gasteiger partial charge < -0.3 is 4.74 Å². The molecule has 0 saturated heterocycles. The Balaban J connectivity index is 1.87. The summed E-state index contributed by atoms with van der Waals surface area (Å²) in [5.41, 5.74) is 3.31. The number of benzene rings is 2. The summed E-state index contributed by atoms with van der Waals surface area (Å²) < 4.78 is 7.46. The summed E-state index contributed by atoms with van der Waals surface area (Å²) in [5.74, 6) is 7.96. The highest BCUT2D eigenvalue weighted by Crippen LogP contribution is 2.16. The van der Waals surface area contributed by atoms with Crippen LogP contribution in [0.25, 0.3) is 5.69 Å². The lowest BCUT2D eigenvalue weighted by atomic mass is 10.1. The van der Waals surface area contributed by atoms with Crippen LogP contribution in [-0.4, -0.2) is 16.2 Å². The Morgan fingerprint density at radius 2 is 1.88 bits per heavy atom. The van der Waals surface area contributed by atoms with E-state index in [1.165, 1.54) is 5.56 Å². The van der Waals surface area contributed by atoms with Gasteiger partial charge in [-0.1, -0.05) is 25.0 Å². The summed E-state index contributed by atoms with van der Waals surface area (Å²) >= 11 is 0. The minimum absolute atomic E-state index is 0.665. The van der Waals surface area contributed by atoms with Crippen LogP contribution in [0.15, 0.2) is 60.9 Å². The number of aryl methyl sites for hydroxylation is 1. The van der Waals surface area contributed by atoms with Gasteiger partial charge in [-0.15, -0.1) is 0 Å². The quantitative estimate of drug-likeness (QED) is 0.673. The molecular weight excluding hydrogens is 296 g/mol. The molecule has 0 aliphatic rings. The number of rotatable bonds is 4. The van der Waals surface area contributed by atoms with Gasteiger partial charge >= 0.3 is 0 Å². The second kappa shape index (κ2) is 7.52. The Labute approximate surface area is 142 Å². The third-order valence-electron chi connectivity index (χ3n) is 3.72. The van der Waals surface area contributed by atoms with Crippen molar-refractivity contribution in [1.82, 2.24) is 9.55 Å². The summed E-state index contributed by atoms with van der Waals surface area (Å²) in [6, 6.07) is 16.2. The third-order valence-corrected chi connectivity index (χ3v) is 3.72. The van der Waals surface area contributed by atoms with Crippen LogP contribution in [0, 0.1) is 11.8 Å². The van der Waals surface area contributed by atoms with E-state index < -0.39 is 0 Å². The third kappa shape index (κ3) is 3.67. The minimum Gasteiger partial charge on any atom is -0.494 e. The SMILES string of the molecule is CCOc1ccc(-n2ccnc2C#Cc2cccc(CC)c2)cc1. The smallest absolute Gasteiger partial charge is 0.190 e. The fourth-order valence-electron chi connectivity index (χ4n) is 2.47. The molecule has 0 atom stereocenters. The van der Waals surface area contributed by atoms with Gasteiger partial charge in [0.2, 0.25) is 0 Å². The lowest BCUT2D eigenvalue weighted by Crippen LogP contribution is -1.97. The van der Waals surface area contributed by atoms with Gasteiger partial charge in [-0.05, 0) is 61.2 Å². The number of imidazole rings is 1. The van der Waals surface area contributed by atoms with Gasteiger partial charge in [0, 0.05) is 23.6 Å². The molecule has 0 radical (unpaired) electrons.